The molecule has 3 N–H and O–H groups in total. The zero-order valence-corrected chi connectivity index (χ0v) is 12.0. The summed E-state index contributed by atoms with van der Waals surface area (Å²) in [7, 11) is 0. The number of aryl methyl sites for hydroxylation is 1. The van der Waals surface area contributed by atoms with Gasteiger partial charge in [-0.05, 0) is 42.9 Å². The van der Waals surface area contributed by atoms with Gasteiger partial charge < -0.3 is 5.32 Å². The lowest BCUT2D eigenvalue weighted by Gasteiger charge is -2.14. The molecule has 0 unspecified atom stereocenters. The number of nitrogens with one attached hydrogen (secondary N) is 3. The van der Waals surface area contributed by atoms with Gasteiger partial charge in [0.15, 0.2) is 5.11 Å². The topological polar surface area (TPSA) is 36.1 Å². The molecule has 0 radical (unpaired) electrons. The highest BCUT2D eigenvalue weighted by molar-refractivity contribution is 7.80. The first kappa shape index (κ1) is 13.6. The Hall–Kier alpha value is -1.78. The van der Waals surface area contributed by atoms with Gasteiger partial charge in [-0.2, -0.15) is 0 Å². The molecule has 3 nitrogen and oxygen atoms in total. The molecule has 0 amide bonds. The number of thiocarbonyl (C=S) groups is 1. The summed E-state index contributed by atoms with van der Waals surface area (Å²) in [6.07, 6.45) is 0. The number of hydrogen-bond acceptors (Lipinski definition) is 2. The van der Waals surface area contributed by atoms with Crippen LogP contribution in [-0.4, -0.2) is 5.11 Å². The largest absolute Gasteiger partial charge is 0.331 e. The summed E-state index contributed by atoms with van der Waals surface area (Å²) in [6, 6.07) is 15.4. The van der Waals surface area contributed by atoms with Crippen molar-refractivity contribution in [3.05, 3.63) is 59.1 Å². The molecule has 2 aromatic carbocycles. The number of hydrogen-bond donors (Lipinski definition) is 3. The van der Waals surface area contributed by atoms with E-state index in [0.717, 1.165) is 16.9 Å². The first-order valence-electron chi connectivity index (χ1n) is 5.80. The molecule has 0 fully saturated rings. The molecule has 0 aliphatic carbocycles. The van der Waals surface area contributed by atoms with Crippen molar-refractivity contribution in [3.8, 4) is 0 Å². The highest BCUT2D eigenvalue weighted by Crippen LogP contribution is 2.19. The SMILES string of the molecule is Cc1ccccc1NC(=S)NNc1ccccc1Cl. The van der Waals surface area contributed by atoms with E-state index >= 15 is 0 Å². The Morgan fingerprint density at radius 2 is 1.63 bits per heavy atom. The molecule has 0 aliphatic heterocycles. The van der Waals surface area contributed by atoms with E-state index in [9.17, 15) is 0 Å². The average Bonchev–Trinajstić information content (AvgIpc) is 2.40. The standard InChI is InChI=1S/C14H14ClN3S/c1-10-6-2-4-8-12(10)16-14(19)18-17-13-9-5-3-7-11(13)15/h2-9,17H,1H3,(H2,16,18,19). The Morgan fingerprint density at radius 1 is 1.00 bits per heavy atom. The van der Waals surface area contributed by atoms with Crippen molar-refractivity contribution in [2.45, 2.75) is 6.92 Å². The summed E-state index contributed by atoms with van der Waals surface area (Å²) < 4.78 is 0. The van der Waals surface area contributed by atoms with Gasteiger partial charge in [0.05, 0.1) is 10.7 Å². The van der Waals surface area contributed by atoms with Crippen LogP contribution in [0.2, 0.25) is 5.02 Å². The molecule has 0 aromatic heterocycles. The van der Waals surface area contributed by atoms with Gasteiger partial charge in [-0.15, -0.1) is 0 Å². The van der Waals surface area contributed by atoms with Crippen molar-refractivity contribution >= 4 is 40.3 Å². The molecule has 0 saturated heterocycles. The first-order valence-corrected chi connectivity index (χ1v) is 6.58. The lowest BCUT2D eigenvalue weighted by Crippen LogP contribution is -2.33. The van der Waals surface area contributed by atoms with Crippen LogP contribution >= 0.6 is 23.8 Å². The lowest BCUT2D eigenvalue weighted by molar-refractivity contribution is 1.14. The van der Waals surface area contributed by atoms with Gasteiger partial charge in [0, 0.05) is 5.69 Å². The number of halogens is 1. The second-order valence-corrected chi connectivity index (χ2v) is 4.81. The molecule has 0 spiro atoms. The van der Waals surface area contributed by atoms with Crippen molar-refractivity contribution in [1.29, 1.82) is 0 Å². The fourth-order valence-electron chi connectivity index (χ4n) is 1.55. The molecule has 19 heavy (non-hydrogen) atoms. The maximum Gasteiger partial charge on any atom is 0.189 e. The van der Waals surface area contributed by atoms with Crippen LogP contribution in [0.4, 0.5) is 11.4 Å². The van der Waals surface area contributed by atoms with Gasteiger partial charge in [0.2, 0.25) is 0 Å². The van der Waals surface area contributed by atoms with Crippen LogP contribution < -0.4 is 16.2 Å². The van der Waals surface area contributed by atoms with E-state index in [0.29, 0.717) is 10.1 Å². The molecule has 0 bridgehead atoms. The molecule has 0 aliphatic rings. The smallest absolute Gasteiger partial charge is 0.189 e. The molecule has 98 valence electrons. The predicted molar refractivity (Wildman–Crippen MR) is 85.6 cm³/mol. The van der Waals surface area contributed by atoms with Gasteiger partial charge in [-0.1, -0.05) is 41.9 Å². The fraction of sp³-hybridized carbons (Fsp3) is 0.0714. The van der Waals surface area contributed by atoms with Gasteiger partial charge >= 0.3 is 0 Å². The molecule has 0 atom stereocenters. The highest BCUT2D eigenvalue weighted by Gasteiger charge is 2.01. The van der Waals surface area contributed by atoms with E-state index in [4.69, 9.17) is 23.8 Å². The van der Waals surface area contributed by atoms with Crippen LogP contribution in [0.5, 0.6) is 0 Å². The summed E-state index contributed by atoms with van der Waals surface area (Å²) in [4.78, 5) is 0. The van der Waals surface area contributed by atoms with E-state index in [1.807, 2.05) is 55.5 Å². The molecule has 5 heteroatoms. The zero-order chi connectivity index (χ0) is 13.7. The van der Waals surface area contributed by atoms with Crippen LogP contribution in [0.15, 0.2) is 48.5 Å². The molecular formula is C14H14ClN3S. The quantitative estimate of drug-likeness (QED) is 0.591. The van der Waals surface area contributed by atoms with Gasteiger partial charge in [0.25, 0.3) is 0 Å². The first-order chi connectivity index (χ1) is 9.16. The number of benzene rings is 2. The Labute approximate surface area is 123 Å². The summed E-state index contributed by atoms with van der Waals surface area (Å²) in [5.74, 6) is 0. The minimum atomic E-state index is 0.481. The lowest BCUT2D eigenvalue weighted by atomic mass is 10.2. The van der Waals surface area contributed by atoms with Crippen LogP contribution in [0.3, 0.4) is 0 Å². The summed E-state index contributed by atoms with van der Waals surface area (Å²) >= 11 is 11.2. The third-order valence-corrected chi connectivity index (χ3v) is 3.11. The third kappa shape index (κ3) is 3.84. The summed E-state index contributed by atoms with van der Waals surface area (Å²) in [6.45, 7) is 2.02. The second kappa shape index (κ2) is 6.41. The minimum absolute atomic E-state index is 0.481. The van der Waals surface area contributed by atoms with Gasteiger partial charge in [-0.3, -0.25) is 10.9 Å². The number of para-hydroxylation sites is 2. The fourth-order valence-corrected chi connectivity index (χ4v) is 1.90. The molecule has 2 aromatic rings. The molecular weight excluding hydrogens is 278 g/mol. The molecule has 2 rings (SSSR count). The maximum atomic E-state index is 6.03. The molecule has 0 heterocycles. The monoisotopic (exact) mass is 291 g/mol. The normalized spacial score (nSPS) is 9.79. The van der Waals surface area contributed by atoms with Crippen molar-refractivity contribution in [2.24, 2.45) is 0 Å². The van der Waals surface area contributed by atoms with E-state index in [2.05, 4.69) is 16.2 Å². The Balaban J connectivity index is 1.92. The second-order valence-electron chi connectivity index (χ2n) is 4.00. The summed E-state index contributed by atoms with van der Waals surface area (Å²) in [5.41, 5.74) is 8.75. The molecule has 0 saturated carbocycles. The van der Waals surface area contributed by atoms with Crippen LogP contribution in [0, 0.1) is 6.92 Å². The van der Waals surface area contributed by atoms with Crippen molar-refractivity contribution in [3.63, 3.8) is 0 Å². The maximum absolute atomic E-state index is 6.03. The Morgan fingerprint density at radius 3 is 2.32 bits per heavy atom. The van der Waals surface area contributed by atoms with Gasteiger partial charge in [0.1, 0.15) is 0 Å². The van der Waals surface area contributed by atoms with E-state index in [1.165, 1.54) is 0 Å². The van der Waals surface area contributed by atoms with Crippen molar-refractivity contribution in [1.82, 2.24) is 5.43 Å². The van der Waals surface area contributed by atoms with E-state index < -0.39 is 0 Å². The summed E-state index contributed by atoms with van der Waals surface area (Å²) in [5, 5.41) is 4.23. The predicted octanol–water partition coefficient (Wildman–Crippen LogP) is 3.96. The van der Waals surface area contributed by atoms with Crippen LogP contribution in [-0.2, 0) is 0 Å². The third-order valence-electron chi connectivity index (χ3n) is 2.58. The van der Waals surface area contributed by atoms with E-state index in [1.54, 1.807) is 0 Å². The Kier molecular flexibility index (Phi) is 4.60. The van der Waals surface area contributed by atoms with Gasteiger partial charge in [-0.25, -0.2) is 0 Å². The van der Waals surface area contributed by atoms with Crippen molar-refractivity contribution in [2.75, 3.05) is 10.7 Å². The zero-order valence-electron chi connectivity index (χ0n) is 10.4. The van der Waals surface area contributed by atoms with Crippen LogP contribution in [0.25, 0.3) is 0 Å². The number of hydrazine groups is 1. The number of rotatable bonds is 3. The Bertz CT molecular complexity index is 586. The van der Waals surface area contributed by atoms with Crippen molar-refractivity contribution < 1.29 is 0 Å². The van der Waals surface area contributed by atoms with E-state index in [-0.39, 0.29) is 0 Å². The van der Waals surface area contributed by atoms with Crippen LogP contribution in [0.1, 0.15) is 5.56 Å². The average molecular weight is 292 g/mol. The minimum Gasteiger partial charge on any atom is -0.331 e. The number of anilines is 2. The highest BCUT2D eigenvalue weighted by atomic mass is 35.5.